The fourth-order valence-corrected chi connectivity index (χ4v) is 2.24. The summed E-state index contributed by atoms with van der Waals surface area (Å²) in [5, 5.41) is 18.0. The van der Waals surface area contributed by atoms with Crippen molar-refractivity contribution in [2.24, 2.45) is 0 Å². The normalized spacial score (nSPS) is 10.9. The number of benzene rings is 1. The largest absolute Gasteiger partial charge is 0.478 e. The predicted octanol–water partition coefficient (Wildman–Crippen LogP) is 3.40. The summed E-state index contributed by atoms with van der Waals surface area (Å²) in [7, 11) is 0. The number of hydrogen-bond donors (Lipinski definition) is 1. The molecule has 2 aromatic heterocycles. The maximum Gasteiger partial charge on any atom is 0.337 e. The third-order valence-electron chi connectivity index (χ3n) is 2.82. The number of rotatable bonds is 2. The van der Waals surface area contributed by atoms with E-state index in [2.05, 4.69) is 10.2 Å². The van der Waals surface area contributed by atoms with Gasteiger partial charge in [-0.2, -0.15) is 0 Å². The Balaban J connectivity index is 2.28. The van der Waals surface area contributed by atoms with Crippen molar-refractivity contribution < 1.29 is 9.90 Å². The lowest BCUT2D eigenvalue weighted by Gasteiger charge is -2.04. The number of carboxylic acids is 1. The Kier molecular flexibility index (Phi) is 3.08. The van der Waals surface area contributed by atoms with Crippen LogP contribution in [0.15, 0.2) is 36.5 Å². The lowest BCUT2D eigenvalue weighted by Crippen LogP contribution is -1.99. The fourth-order valence-electron chi connectivity index (χ4n) is 1.87. The summed E-state index contributed by atoms with van der Waals surface area (Å²) in [5.74, 6) is -0.584. The van der Waals surface area contributed by atoms with E-state index in [1.54, 1.807) is 28.7 Å². The Morgan fingerprint density at radius 3 is 2.70 bits per heavy atom. The van der Waals surface area contributed by atoms with E-state index in [4.69, 9.17) is 28.3 Å². The molecular weight excluding hydrogens is 301 g/mol. The van der Waals surface area contributed by atoms with E-state index in [-0.39, 0.29) is 5.56 Å². The summed E-state index contributed by atoms with van der Waals surface area (Å²) in [6.45, 7) is 0. The molecule has 0 bridgehead atoms. The molecule has 1 N–H and O–H groups in total. The Bertz CT molecular complexity index is 830. The van der Waals surface area contributed by atoms with Crippen LogP contribution in [0, 0.1) is 0 Å². The average Bonchev–Trinajstić information content (AvgIpc) is 2.84. The molecule has 0 aliphatic carbocycles. The molecule has 3 aromatic rings. The minimum Gasteiger partial charge on any atom is -0.478 e. The van der Waals surface area contributed by atoms with Crippen molar-refractivity contribution in [1.82, 2.24) is 14.6 Å². The van der Waals surface area contributed by atoms with Gasteiger partial charge in [-0.3, -0.25) is 4.40 Å². The smallest absolute Gasteiger partial charge is 0.337 e. The van der Waals surface area contributed by atoms with Gasteiger partial charge >= 0.3 is 5.97 Å². The van der Waals surface area contributed by atoms with E-state index < -0.39 is 5.97 Å². The predicted molar refractivity (Wildman–Crippen MR) is 75.4 cm³/mol. The van der Waals surface area contributed by atoms with Crippen molar-refractivity contribution >= 4 is 34.8 Å². The number of halogens is 2. The van der Waals surface area contributed by atoms with Crippen LogP contribution in [0.25, 0.3) is 17.0 Å². The number of nitrogens with zero attached hydrogens (tertiary/aromatic N) is 3. The minimum atomic E-state index is -1.02. The number of fused-ring (bicyclic) bond motifs is 1. The van der Waals surface area contributed by atoms with Crippen molar-refractivity contribution in [2.75, 3.05) is 0 Å². The maximum absolute atomic E-state index is 11.0. The highest BCUT2D eigenvalue weighted by molar-refractivity contribution is 6.35. The summed E-state index contributed by atoms with van der Waals surface area (Å²) in [4.78, 5) is 11.0. The van der Waals surface area contributed by atoms with Gasteiger partial charge in [-0.25, -0.2) is 4.79 Å². The molecule has 0 aliphatic heterocycles. The highest BCUT2D eigenvalue weighted by atomic mass is 35.5. The van der Waals surface area contributed by atoms with E-state index in [0.717, 1.165) is 0 Å². The fraction of sp³-hybridized carbons (Fsp3) is 0. The second kappa shape index (κ2) is 4.77. The lowest BCUT2D eigenvalue weighted by molar-refractivity contribution is 0.0696. The monoisotopic (exact) mass is 307 g/mol. The summed E-state index contributed by atoms with van der Waals surface area (Å²) < 4.78 is 1.57. The van der Waals surface area contributed by atoms with Crippen molar-refractivity contribution in [3.63, 3.8) is 0 Å². The van der Waals surface area contributed by atoms with Gasteiger partial charge in [-0.1, -0.05) is 23.2 Å². The molecule has 20 heavy (non-hydrogen) atoms. The number of pyridine rings is 1. The number of carboxylic acid groups (broad SMARTS) is 1. The number of aromatic carboxylic acids is 1. The van der Waals surface area contributed by atoms with Gasteiger partial charge in [0.05, 0.1) is 10.6 Å². The molecule has 0 saturated heterocycles. The third-order valence-corrected chi connectivity index (χ3v) is 3.38. The first kappa shape index (κ1) is 12.9. The standard InChI is InChI=1S/C13H7Cl2N3O2/c14-8-2-3-10(15)9(5-8)12-17-16-11-4-1-7(13(19)20)6-18(11)12/h1-6H,(H,19,20). The highest BCUT2D eigenvalue weighted by Crippen LogP contribution is 2.29. The van der Waals surface area contributed by atoms with Crippen molar-refractivity contribution in [1.29, 1.82) is 0 Å². The molecule has 0 saturated carbocycles. The zero-order chi connectivity index (χ0) is 14.3. The zero-order valence-electron chi connectivity index (χ0n) is 9.92. The molecule has 0 spiro atoms. The van der Waals surface area contributed by atoms with Gasteiger partial charge in [-0.05, 0) is 30.3 Å². The average molecular weight is 308 g/mol. The molecular formula is C13H7Cl2N3O2. The van der Waals surface area contributed by atoms with Gasteiger partial charge in [0.25, 0.3) is 0 Å². The first-order chi connectivity index (χ1) is 9.56. The number of hydrogen-bond acceptors (Lipinski definition) is 3. The zero-order valence-corrected chi connectivity index (χ0v) is 11.4. The quantitative estimate of drug-likeness (QED) is 0.788. The molecule has 100 valence electrons. The van der Waals surface area contributed by atoms with E-state index in [0.29, 0.717) is 27.1 Å². The molecule has 0 radical (unpaired) electrons. The van der Waals surface area contributed by atoms with Crippen LogP contribution in [0.1, 0.15) is 10.4 Å². The van der Waals surface area contributed by atoms with Crippen LogP contribution in [0.2, 0.25) is 10.0 Å². The highest BCUT2D eigenvalue weighted by Gasteiger charge is 2.14. The molecule has 1 aromatic carbocycles. The molecule has 3 rings (SSSR count). The van der Waals surface area contributed by atoms with Gasteiger partial charge in [0.2, 0.25) is 0 Å². The van der Waals surface area contributed by atoms with Crippen molar-refractivity contribution in [3.05, 3.63) is 52.1 Å². The number of aromatic nitrogens is 3. The minimum absolute atomic E-state index is 0.136. The van der Waals surface area contributed by atoms with Crippen LogP contribution in [0.4, 0.5) is 0 Å². The third kappa shape index (κ3) is 2.11. The maximum atomic E-state index is 11.0. The van der Waals surface area contributed by atoms with Gasteiger partial charge in [0.15, 0.2) is 11.5 Å². The van der Waals surface area contributed by atoms with E-state index in [1.165, 1.54) is 12.3 Å². The van der Waals surface area contributed by atoms with Crippen LogP contribution in [-0.2, 0) is 0 Å². The first-order valence-corrected chi connectivity index (χ1v) is 6.35. The summed E-state index contributed by atoms with van der Waals surface area (Å²) in [5.41, 5.74) is 1.26. The van der Waals surface area contributed by atoms with Gasteiger partial charge < -0.3 is 5.11 Å². The van der Waals surface area contributed by atoms with E-state index in [9.17, 15) is 4.79 Å². The Morgan fingerprint density at radius 2 is 1.95 bits per heavy atom. The van der Waals surface area contributed by atoms with Crippen LogP contribution in [0.5, 0.6) is 0 Å². The molecule has 2 heterocycles. The summed E-state index contributed by atoms with van der Waals surface area (Å²) in [6, 6.07) is 8.03. The molecule has 0 amide bonds. The van der Waals surface area contributed by atoms with Crippen LogP contribution >= 0.6 is 23.2 Å². The molecule has 5 nitrogen and oxygen atoms in total. The molecule has 0 fully saturated rings. The Morgan fingerprint density at radius 1 is 1.15 bits per heavy atom. The SMILES string of the molecule is O=C(O)c1ccc2nnc(-c3cc(Cl)ccc3Cl)n2c1. The summed E-state index contributed by atoms with van der Waals surface area (Å²) in [6.07, 6.45) is 1.45. The Labute approximate surface area is 123 Å². The second-order valence-corrected chi connectivity index (χ2v) is 4.94. The second-order valence-electron chi connectivity index (χ2n) is 4.10. The molecule has 0 aliphatic rings. The van der Waals surface area contributed by atoms with Gasteiger partial charge in [0, 0.05) is 16.8 Å². The molecule has 0 atom stereocenters. The van der Waals surface area contributed by atoms with Gasteiger partial charge in [-0.15, -0.1) is 10.2 Å². The van der Waals surface area contributed by atoms with Crippen molar-refractivity contribution in [2.45, 2.75) is 0 Å². The van der Waals surface area contributed by atoms with Gasteiger partial charge in [0.1, 0.15) is 0 Å². The lowest BCUT2D eigenvalue weighted by atomic mass is 10.2. The first-order valence-electron chi connectivity index (χ1n) is 5.60. The van der Waals surface area contributed by atoms with Crippen LogP contribution in [-0.4, -0.2) is 25.7 Å². The van der Waals surface area contributed by atoms with E-state index >= 15 is 0 Å². The Hall–Kier alpha value is -2.11. The topological polar surface area (TPSA) is 67.5 Å². The van der Waals surface area contributed by atoms with E-state index in [1.807, 2.05) is 0 Å². The van der Waals surface area contributed by atoms with Crippen LogP contribution in [0.3, 0.4) is 0 Å². The number of carbonyl (C=O) groups is 1. The summed E-state index contributed by atoms with van der Waals surface area (Å²) >= 11 is 12.1. The van der Waals surface area contributed by atoms with Crippen molar-refractivity contribution in [3.8, 4) is 11.4 Å². The molecule has 7 heteroatoms. The van der Waals surface area contributed by atoms with Crippen LogP contribution < -0.4 is 0 Å². The molecule has 0 unspecified atom stereocenters.